The van der Waals surface area contributed by atoms with Crippen molar-refractivity contribution < 1.29 is 9.90 Å². The topological polar surface area (TPSA) is 52.6 Å². The van der Waals surface area contributed by atoms with Crippen LogP contribution in [0.15, 0.2) is 24.3 Å². The van der Waals surface area contributed by atoms with Crippen LogP contribution in [-0.2, 0) is 0 Å². The number of rotatable bonds is 3. The Morgan fingerprint density at radius 3 is 2.71 bits per heavy atom. The summed E-state index contributed by atoms with van der Waals surface area (Å²) in [4.78, 5) is 13.9. The largest absolute Gasteiger partial charge is 0.387 e. The van der Waals surface area contributed by atoms with Crippen LogP contribution in [0.1, 0.15) is 23.7 Å². The molecule has 0 radical (unpaired) electrons. The van der Waals surface area contributed by atoms with Crippen molar-refractivity contribution in [3.8, 4) is 0 Å². The van der Waals surface area contributed by atoms with E-state index < -0.39 is 5.60 Å². The van der Waals surface area contributed by atoms with Crippen LogP contribution in [0.25, 0.3) is 0 Å². The highest BCUT2D eigenvalue weighted by Gasteiger charge is 2.42. The van der Waals surface area contributed by atoms with Gasteiger partial charge in [0.05, 0.1) is 24.3 Å². The van der Waals surface area contributed by atoms with Crippen molar-refractivity contribution in [1.29, 1.82) is 0 Å². The number of β-amino-alcohol motifs (C(OH)–C–C–N with tert-alkyl or cyclic N) is 1. The number of nitrogens with one attached hydrogen (secondary N) is 1. The molecule has 4 heteroatoms. The Labute approximate surface area is 101 Å². The van der Waals surface area contributed by atoms with E-state index in [-0.39, 0.29) is 5.91 Å². The summed E-state index contributed by atoms with van der Waals surface area (Å²) in [5.74, 6) is -0.0203. The summed E-state index contributed by atoms with van der Waals surface area (Å²) in [6.45, 7) is 2.80. The Morgan fingerprint density at radius 2 is 2.12 bits per heavy atom. The molecule has 1 amide bonds. The molecule has 0 bridgehead atoms. The van der Waals surface area contributed by atoms with Crippen LogP contribution in [0, 0.1) is 0 Å². The summed E-state index contributed by atoms with van der Waals surface area (Å²) >= 11 is 0. The van der Waals surface area contributed by atoms with E-state index in [4.69, 9.17) is 0 Å². The van der Waals surface area contributed by atoms with Crippen LogP contribution in [0.2, 0.25) is 0 Å². The zero-order valence-corrected chi connectivity index (χ0v) is 10.2. The molecule has 92 valence electrons. The third-order valence-electron chi connectivity index (χ3n) is 3.34. The molecule has 1 fully saturated rings. The molecule has 17 heavy (non-hydrogen) atoms. The molecule has 0 aromatic heterocycles. The molecule has 0 saturated carbocycles. The number of hydrogen-bond donors (Lipinski definition) is 2. The highest BCUT2D eigenvalue weighted by molar-refractivity contribution is 6.00. The van der Waals surface area contributed by atoms with Crippen LogP contribution in [0.3, 0.4) is 0 Å². The molecule has 1 heterocycles. The van der Waals surface area contributed by atoms with Gasteiger partial charge in [0, 0.05) is 12.7 Å². The number of nitrogens with zero attached hydrogens (tertiary/aromatic N) is 1. The summed E-state index contributed by atoms with van der Waals surface area (Å²) in [5.41, 5.74) is 0.808. The van der Waals surface area contributed by atoms with Crippen LogP contribution < -0.4 is 5.32 Å². The first-order valence-corrected chi connectivity index (χ1v) is 5.88. The van der Waals surface area contributed by atoms with Gasteiger partial charge in [0.1, 0.15) is 0 Å². The number of benzene rings is 1. The van der Waals surface area contributed by atoms with Crippen molar-refractivity contribution in [3.63, 3.8) is 0 Å². The second kappa shape index (κ2) is 4.37. The smallest absolute Gasteiger partial charge is 0.256 e. The Kier molecular flexibility index (Phi) is 3.07. The van der Waals surface area contributed by atoms with Crippen LogP contribution in [0.5, 0.6) is 0 Å². The van der Waals surface area contributed by atoms with Crippen molar-refractivity contribution in [2.24, 2.45) is 0 Å². The van der Waals surface area contributed by atoms with E-state index in [1.165, 1.54) is 0 Å². The molecule has 1 aliphatic rings. The third kappa shape index (κ3) is 2.13. The molecule has 4 nitrogen and oxygen atoms in total. The average molecular weight is 234 g/mol. The van der Waals surface area contributed by atoms with E-state index >= 15 is 0 Å². The highest BCUT2D eigenvalue weighted by atomic mass is 16.3. The van der Waals surface area contributed by atoms with Gasteiger partial charge in [-0.15, -0.1) is 0 Å². The zero-order valence-electron chi connectivity index (χ0n) is 10.2. The van der Waals surface area contributed by atoms with Crippen LogP contribution >= 0.6 is 0 Å². The van der Waals surface area contributed by atoms with E-state index in [9.17, 15) is 9.90 Å². The maximum absolute atomic E-state index is 12.2. The van der Waals surface area contributed by atoms with Crippen LogP contribution in [0.4, 0.5) is 5.69 Å². The normalized spacial score (nSPS) is 17.5. The lowest BCUT2D eigenvalue weighted by molar-refractivity contribution is -0.0826. The van der Waals surface area contributed by atoms with Gasteiger partial charge in [-0.3, -0.25) is 4.79 Å². The summed E-state index contributed by atoms with van der Waals surface area (Å²) in [6.07, 6.45) is 0.685. The molecule has 1 aliphatic heterocycles. The first kappa shape index (κ1) is 11.9. The number of hydrogen-bond acceptors (Lipinski definition) is 3. The molecule has 1 aromatic carbocycles. The molecular formula is C13H18N2O2. The predicted octanol–water partition coefficient (Wildman–Crippen LogP) is 1.33. The standard InChI is InChI=1S/C13H18N2O2/c1-3-13(17)8-15(9-13)12(16)10-6-4-5-7-11(10)14-2/h4-7,14,17H,3,8-9H2,1-2H3. The minimum Gasteiger partial charge on any atom is -0.387 e. The van der Waals surface area contributed by atoms with E-state index in [0.717, 1.165) is 5.69 Å². The molecule has 1 aromatic rings. The molecule has 1 saturated heterocycles. The number of carbonyl (C=O) groups is 1. The van der Waals surface area contributed by atoms with Gasteiger partial charge in [-0.05, 0) is 18.6 Å². The lowest BCUT2D eigenvalue weighted by atomic mass is 9.90. The number of likely N-dealkylation sites (tertiary alicyclic amines) is 1. The zero-order chi connectivity index (χ0) is 12.5. The molecule has 0 atom stereocenters. The second-order valence-corrected chi connectivity index (χ2v) is 4.53. The number of para-hydroxylation sites is 1. The van der Waals surface area contributed by atoms with Crippen molar-refractivity contribution in [1.82, 2.24) is 4.90 Å². The molecule has 2 N–H and O–H groups in total. The summed E-state index contributed by atoms with van der Waals surface area (Å²) in [5, 5.41) is 12.9. The minimum absolute atomic E-state index is 0.0203. The van der Waals surface area contributed by atoms with Crippen molar-refractivity contribution in [2.45, 2.75) is 18.9 Å². The van der Waals surface area contributed by atoms with Gasteiger partial charge in [-0.1, -0.05) is 19.1 Å². The van der Waals surface area contributed by atoms with Crippen LogP contribution in [-0.4, -0.2) is 41.7 Å². The Morgan fingerprint density at radius 1 is 1.47 bits per heavy atom. The predicted molar refractivity (Wildman–Crippen MR) is 67.1 cm³/mol. The van der Waals surface area contributed by atoms with Gasteiger partial charge in [-0.2, -0.15) is 0 Å². The molecule has 0 unspecified atom stereocenters. The molecular weight excluding hydrogens is 216 g/mol. The summed E-state index contributed by atoms with van der Waals surface area (Å²) < 4.78 is 0. The summed E-state index contributed by atoms with van der Waals surface area (Å²) in [7, 11) is 1.80. The monoisotopic (exact) mass is 234 g/mol. The fraction of sp³-hybridized carbons (Fsp3) is 0.462. The first-order chi connectivity index (χ1) is 8.09. The fourth-order valence-corrected chi connectivity index (χ4v) is 2.09. The quantitative estimate of drug-likeness (QED) is 0.829. The fourth-order valence-electron chi connectivity index (χ4n) is 2.09. The van der Waals surface area contributed by atoms with E-state index in [1.54, 1.807) is 18.0 Å². The first-order valence-electron chi connectivity index (χ1n) is 5.88. The van der Waals surface area contributed by atoms with Gasteiger partial charge >= 0.3 is 0 Å². The number of amides is 1. The van der Waals surface area contributed by atoms with Gasteiger partial charge in [0.15, 0.2) is 0 Å². The maximum Gasteiger partial charge on any atom is 0.256 e. The van der Waals surface area contributed by atoms with Gasteiger partial charge in [0.25, 0.3) is 5.91 Å². The maximum atomic E-state index is 12.2. The van der Waals surface area contributed by atoms with Gasteiger partial charge in [-0.25, -0.2) is 0 Å². The van der Waals surface area contributed by atoms with E-state index in [1.807, 2.05) is 25.1 Å². The van der Waals surface area contributed by atoms with E-state index in [0.29, 0.717) is 25.1 Å². The van der Waals surface area contributed by atoms with Crippen molar-refractivity contribution >= 4 is 11.6 Å². The highest BCUT2D eigenvalue weighted by Crippen LogP contribution is 2.27. The average Bonchev–Trinajstić information content (AvgIpc) is 2.34. The second-order valence-electron chi connectivity index (χ2n) is 4.53. The SMILES string of the molecule is CCC1(O)CN(C(=O)c2ccccc2NC)C1. The third-order valence-corrected chi connectivity index (χ3v) is 3.34. The summed E-state index contributed by atoms with van der Waals surface area (Å²) in [6, 6.07) is 7.41. The van der Waals surface area contributed by atoms with Crippen molar-refractivity contribution in [2.75, 3.05) is 25.5 Å². The van der Waals surface area contributed by atoms with Crippen molar-refractivity contribution in [3.05, 3.63) is 29.8 Å². The van der Waals surface area contributed by atoms with Gasteiger partial charge < -0.3 is 15.3 Å². The van der Waals surface area contributed by atoms with Gasteiger partial charge in [0.2, 0.25) is 0 Å². The minimum atomic E-state index is -0.676. The van der Waals surface area contributed by atoms with E-state index in [2.05, 4.69) is 5.32 Å². The molecule has 0 aliphatic carbocycles. The lowest BCUT2D eigenvalue weighted by Crippen LogP contribution is -2.63. The Hall–Kier alpha value is -1.55. The Balaban J connectivity index is 2.12. The number of anilines is 1. The number of aliphatic hydroxyl groups is 1. The lowest BCUT2D eigenvalue weighted by Gasteiger charge is -2.46. The number of carbonyl (C=O) groups excluding carboxylic acids is 1. The molecule has 2 rings (SSSR count). The molecule has 0 spiro atoms. The Bertz CT molecular complexity index is 425.